The van der Waals surface area contributed by atoms with Crippen LogP contribution in [0.4, 0.5) is 10.1 Å². The van der Waals surface area contributed by atoms with E-state index in [0.717, 1.165) is 12.3 Å². The summed E-state index contributed by atoms with van der Waals surface area (Å²) in [6.45, 7) is 0.720. The highest BCUT2D eigenvalue weighted by Gasteiger charge is 2.01. The zero-order valence-corrected chi connectivity index (χ0v) is 9.48. The molecule has 0 spiro atoms. The molecule has 1 aromatic rings. The maximum absolute atomic E-state index is 13.2. The minimum Gasteiger partial charge on any atom is -0.384 e. The molecule has 16 heavy (non-hydrogen) atoms. The van der Waals surface area contributed by atoms with Crippen LogP contribution in [0.3, 0.4) is 0 Å². The van der Waals surface area contributed by atoms with Crippen molar-refractivity contribution in [1.82, 2.24) is 0 Å². The lowest BCUT2D eigenvalue weighted by atomic mass is 10.2. The standard InChI is InChI=1S/C12H11FN2S/c1-2-6-16-7-5-15-11-4-3-10(9-14)12(13)8-11/h1,3-4,8,15H,5-7H2. The number of nitriles is 1. The van der Waals surface area contributed by atoms with Gasteiger partial charge in [-0.3, -0.25) is 0 Å². The molecule has 0 heterocycles. The average Bonchev–Trinajstić information content (AvgIpc) is 2.29. The Hall–Kier alpha value is -1.65. The minimum atomic E-state index is -0.497. The maximum Gasteiger partial charge on any atom is 0.143 e. The van der Waals surface area contributed by atoms with Crippen molar-refractivity contribution in [3.8, 4) is 18.4 Å². The molecule has 0 radical (unpaired) electrons. The van der Waals surface area contributed by atoms with Crippen LogP contribution < -0.4 is 5.32 Å². The Bertz CT molecular complexity index is 432. The van der Waals surface area contributed by atoms with Gasteiger partial charge >= 0.3 is 0 Å². The normalized spacial score (nSPS) is 9.19. The highest BCUT2D eigenvalue weighted by Crippen LogP contribution is 2.13. The SMILES string of the molecule is C#CCSCCNc1ccc(C#N)c(F)c1. The molecule has 4 heteroatoms. The monoisotopic (exact) mass is 234 g/mol. The third-order valence-corrected chi connectivity index (χ3v) is 2.71. The van der Waals surface area contributed by atoms with Gasteiger partial charge in [-0.05, 0) is 18.2 Å². The molecule has 0 aliphatic carbocycles. The molecule has 0 bridgehead atoms. The lowest BCUT2D eigenvalue weighted by Crippen LogP contribution is -2.04. The molecule has 1 N–H and O–H groups in total. The van der Waals surface area contributed by atoms with Gasteiger partial charge < -0.3 is 5.32 Å². The van der Waals surface area contributed by atoms with E-state index in [0.29, 0.717) is 11.4 Å². The number of thioether (sulfide) groups is 1. The van der Waals surface area contributed by atoms with Gasteiger partial charge in [0.05, 0.1) is 11.3 Å². The van der Waals surface area contributed by atoms with Crippen molar-refractivity contribution in [1.29, 1.82) is 5.26 Å². The van der Waals surface area contributed by atoms with E-state index < -0.39 is 5.82 Å². The summed E-state index contributed by atoms with van der Waals surface area (Å²) in [6, 6.07) is 6.25. The van der Waals surface area contributed by atoms with Gasteiger partial charge in [-0.25, -0.2) is 4.39 Å². The first-order valence-electron chi connectivity index (χ1n) is 4.72. The number of benzene rings is 1. The predicted molar refractivity (Wildman–Crippen MR) is 65.8 cm³/mol. The summed E-state index contributed by atoms with van der Waals surface area (Å²) in [7, 11) is 0. The fourth-order valence-electron chi connectivity index (χ4n) is 1.11. The zero-order valence-electron chi connectivity index (χ0n) is 8.66. The number of nitrogens with zero attached hydrogens (tertiary/aromatic N) is 1. The van der Waals surface area contributed by atoms with Crippen LogP contribution in [0, 0.1) is 29.5 Å². The van der Waals surface area contributed by atoms with Crippen LogP contribution in [-0.2, 0) is 0 Å². The molecule has 82 valence electrons. The Morgan fingerprint density at radius 2 is 2.31 bits per heavy atom. The van der Waals surface area contributed by atoms with E-state index >= 15 is 0 Å². The van der Waals surface area contributed by atoms with E-state index in [1.54, 1.807) is 23.9 Å². The third kappa shape index (κ3) is 3.84. The van der Waals surface area contributed by atoms with E-state index in [1.807, 2.05) is 0 Å². The molecule has 0 aromatic heterocycles. The highest BCUT2D eigenvalue weighted by molar-refractivity contribution is 7.99. The van der Waals surface area contributed by atoms with Crippen LogP contribution in [-0.4, -0.2) is 18.1 Å². The minimum absolute atomic E-state index is 0.0623. The van der Waals surface area contributed by atoms with Gasteiger partial charge in [0.15, 0.2) is 0 Å². The van der Waals surface area contributed by atoms with Gasteiger partial charge in [0, 0.05) is 18.0 Å². The van der Waals surface area contributed by atoms with Crippen molar-refractivity contribution in [2.24, 2.45) is 0 Å². The second-order valence-electron chi connectivity index (χ2n) is 2.99. The van der Waals surface area contributed by atoms with Gasteiger partial charge in [-0.15, -0.1) is 18.2 Å². The molecule has 0 atom stereocenters. The maximum atomic E-state index is 13.2. The average molecular weight is 234 g/mol. The Kier molecular flexibility index (Phi) is 5.25. The Labute approximate surface area is 98.9 Å². The van der Waals surface area contributed by atoms with Crippen molar-refractivity contribution in [3.63, 3.8) is 0 Å². The van der Waals surface area contributed by atoms with E-state index in [1.165, 1.54) is 12.1 Å². The number of hydrogen-bond acceptors (Lipinski definition) is 3. The Morgan fingerprint density at radius 3 is 2.94 bits per heavy atom. The Morgan fingerprint density at radius 1 is 1.50 bits per heavy atom. The number of rotatable bonds is 5. The van der Waals surface area contributed by atoms with E-state index in [9.17, 15) is 4.39 Å². The van der Waals surface area contributed by atoms with Gasteiger partial charge in [-0.1, -0.05) is 5.92 Å². The summed E-state index contributed by atoms with van der Waals surface area (Å²) in [5.74, 6) is 3.58. The van der Waals surface area contributed by atoms with Gasteiger partial charge in [0.2, 0.25) is 0 Å². The molecule has 1 aromatic carbocycles. The molecule has 0 amide bonds. The second-order valence-corrected chi connectivity index (χ2v) is 4.10. The molecule has 0 fully saturated rings. The molecule has 0 aliphatic heterocycles. The second kappa shape index (κ2) is 6.76. The van der Waals surface area contributed by atoms with Crippen LogP contribution in [0.5, 0.6) is 0 Å². The molecule has 0 unspecified atom stereocenters. The summed E-state index contributed by atoms with van der Waals surface area (Å²) in [4.78, 5) is 0. The lowest BCUT2D eigenvalue weighted by molar-refractivity contribution is 0.624. The number of nitrogens with one attached hydrogen (secondary N) is 1. The molecule has 2 nitrogen and oxygen atoms in total. The first-order chi connectivity index (χ1) is 7.77. The van der Waals surface area contributed by atoms with Crippen LogP contribution in [0.15, 0.2) is 18.2 Å². The first kappa shape index (κ1) is 12.4. The predicted octanol–water partition coefficient (Wildman–Crippen LogP) is 2.48. The van der Waals surface area contributed by atoms with Crippen LogP contribution >= 0.6 is 11.8 Å². The summed E-state index contributed by atoms with van der Waals surface area (Å²) in [6.07, 6.45) is 5.10. The third-order valence-electron chi connectivity index (χ3n) is 1.85. The quantitative estimate of drug-likeness (QED) is 0.628. The smallest absolute Gasteiger partial charge is 0.143 e. The molecular formula is C12H11FN2S. The molecule has 0 aliphatic rings. The molecular weight excluding hydrogens is 223 g/mol. The van der Waals surface area contributed by atoms with Crippen LogP contribution in [0.1, 0.15) is 5.56 Å². The van der Waals surface area contributed by atoms with Crippen molar-refractivity contribution in [2.45, 2.75) is 0 Å². The largest absolute Gasteiger partial charge is 0.384 e. The molecule has 0 saturated heterocycles. The van der Waals surface area contributed by atoms with Crippen LogP contribution in [0.2, 0.25) is 0 Å². The topological polar surface area (TPSA) is 35.8 Å². The number of hydrogen-bond donors (Lipinski definition) is 1. The first-order valence-corrected chi connectivity index (χ1v) is 5.88. The van der Waals surface area contributed by atoms with Crippen molar-refractivity contribution in [3.05, 3.63) is 29.6 Å². The van der Waals surface area contributed by atoms with Crippen LogP contribution in [0.25, 0.3) is 0 Å². The molecule has 0 saturated carbocycles. The van der Waals surface area contributed by atoms with Gasteiger partial charge in [0.25, 0.3) is 0 Å². The van der Waals surface area contributed by atoms with E-state index in [-0.39, 0.29) is 5.56 Å². The fourth-order valence-corrected chi connectivity index (χ4v) is 1.62. The van der Waals surface area contributed by atoms with Crippen molar-refractivity contribution >= 4 is 17.4 Å². The summed E-state index contributed by atoms with van der Waals surface area (Å²) in [5.41, 5.74) is 0.741. The summed E-state index contributed by atoms with van der Waals surface area (Å²) >= 11 is 1.64. The lowest BCUT2D eigenvalue weighted by Gasteiger charge is -2.05. The van der Waals surface area contributed by atoms with Crippen molar-refractivity contribution in [2.75, 3.05) is 23.4 Å². The highest BCUT2D eigenvalue weighted by atomic mass is 32.2. The number of terminal acetylenes is 1. The van der Waals surface area contributed by atoms with E-state index in [4.69, 9.17) is 11.7 Å². The van der Waals surface area contributed by atoms with Gasteiger partial charge in [-0.2, -0.15) is 5.26 Å². The summed E-state index contributed by atoms with van der Waals surface area (Å²) < 4.78 is 13.2. The number of anilines is 1. The molecule has 1 rings (SSSR count). The van der Waals surface area contributed by atoms with E-state index in [2.05, 4.69) is 11.2 Å². The number of halogens is 1. The van der Waals surface area contributed by atoms with Crippen molar-refractivity contribution < 1.29 is 4.39 Å². The summed E-state index contributed by atoms with van der Waals surface area (Å²) in [5, 5.41) is 11.6. The zero-order chi connectivity index (χ0) is 11.8. The van der Waals surface area contributed by atoms with Gasteiger partial charge in [0.1, 0.15) is 11.9 Å². The Balaban J connectivity index is 2.41. The fraction of sp³-hybridized carbons (Fsp3) is 0.250.